The normalized spacial score (nSPS) is 10.0. The summed E-state index contributed by atoms with van der Waals surface area (Å²) in [6.45, 7) is 0.305. The highest BCUT2D eigenvalue weighted by Crippen LogP contribution is 2.02. The van der Waals surface area contributed by atoms with Gasteiger partial charge in [0.25, 0.3) is 11.2 Å². The smallest absolute Gasteiger partial charge is 0.263 e. The fourth-order valence-electron chi connectivity index (χ4n) is 0.416. The zero-order valence-corrected chi connectivity index (χ0v) is 5.55. The zero-order valence-electron chi connectivity index (χ0n) is 4.80. The van der Waals surface area contributed by atoms with Gasteiger partial charge in [0.1, 0.15) is 6.61 Å². The molecular formula is C4H5ClN2O2. The molecule has 1 aromatic heterocycles. The lowest BCUT2D eigenvalue weighted by Crippen LogP contribution is -1.85. The van der Waals surface area contributed by atoms with Crippen LogP contribution in [-0.4, -0.2) is 17.3 Å². The van der Waals surface area contributed by atoms with E-state index in [1.807, 2.05) is 0 Å². The minimum Gasteiger partial charge on any atom is -0.375 e. The van der Waals surface area contributed by atoms with Crippen molar-refractivity contribution in [2.75, 3.05) is 7.11 Å². The Labute approximate surface area is 56.8 Å². The van der Waals surface area contributed by atoms with E-state index in [1.165, 1.54) is 7.11 Å². The quantitative estimate of drug-likeness (QED) is 0.625. The van der Waals surface area contributed by atoms with E-state index in [4.69, 9.17) is 11.6 Å². The van der Waals surface area contributed by atoms with Gasteiger partial charge in [-0.3, -0.25) is 0 Å². The summed E-state index contributed by atoms with van der Waals surface area (Å²) >= 11 is 5.32. The molecule has 0 bridgehead atoms. The predicted octanol–water partition coefficient (Wildman–Crippen LogP) is 0.869. The van der Waals surface area contributed by atoms with E-state index in [9.17, 15) is 0 Å². The van der Waals surface area contributed by atoms with Crippen LogP contribution in [0.4, 0.5) is 0 Å². The van der Waals surface area contributed by atoms with Crippen molar-refractivity contribution in [2.45, 2.75) is 6.61 Å². The van der Waals surface area contributed by atoms with Gasteiger partial charge in [0, 0.05) is 7.11 Å². The summed E-state index contributed by atoms with van der Waals surface area (Å²) in [5.41, 5.74) is 0. The van der Waals surface area contributed by atoms with E-state index >= 15 is 0 Å². The minimum absolute atomic E-state index is 0.113. The van der Waals surface area contributed by atoms with Crippen molar-refractivity contribution in [1.29, 1.82) is 0 Å². The van der Waals surface area contributed by atoms with Crippen molar-refractivity contribution >= 4 is 11.6 Å². The van der Waals surface area contributed by atoms with Crippen LogP contribution in [0.3, 0.4) is 0 Å². The third-order valence-electron chi connectivity index (χ3n) is 0.711. The van der Waals surface area contributed by atoms with Crippen molar-refractivity contribution < 1.29 is 9.26 Å². The van der Waals surface area contributed by atoms with Gasteiger partial charge in [0.05, 0.1) is 0 Å². The van der Waals surface area contributed by atoms with E-state index in [0.717, 1.165) is 0 Å². The molecule has 0 unspecified atom stereocenters. The Balaban J connectivity index is 2.61. The second kappa shape index (κ2) is 2.80. The molecule has 1 rings (SSSR count). The van der Waals surface area contributed by atoms with Crippen molar-refractivity contribution in [3.8, 4) is 0 Å². The molecule has 0 aromatic carbocycles. The van der Waals surface area contributed by atoms with E-state index in [0.29, 0.717) is 12.5 Å². The lowest BCUT2D eigenvalue weighted by molar-refractivity contribution is 0.151. The van der Waals surface area contributed by atoms with Gasteiger partial charge in [-0.1, -0.05) is 0 Å². The van der Waals surface area contributed by atoms with Crippen molar-refractivity contribution in [3.05, 3.63) is 11.2 Å². The molecule has 9 heavy (non-hydrogen) atoms. The Kier molecular flexibility index (Phi) is 2.02. The summed E-state index contributed by atoms with van der Waals surface area (Å²) < 4.78 is 9.27. The van der Waals surface area contributed by atoms with Gasteiger partial charge in [0.2, 0.25) is 0 Å². The molecule has 0 saturated carbocycles. The second-order valence-corrected chi connectivity index (χ2v) is 1.73. The van der Waals surface area contributed by atoms with Crippen LogP contribution in [0, 0.1) is 0 Å². The largest absolute Gasteiger partial charge is 0.375 e. The van der Waals surface area contributed by atoms with E-state index < -0.39 is 0 Å². The number of hydrogen-bond donors (Lipinski definition) is 0. The van der Waals surface area contributed by atoms with Gasteiger partial charge >= 0.3 is 0 Å². The molecule has 5 heteroatoms. The van der Waals surface area contributed by atoms with Crippen molar-refractivity contribution in [1.82, 2.24) is 10.1 Å². The number of nitrogens with zero attached hydrogens (tertiary/aromatic N) is 2. The molecule has 0 atom stereocenters. The fourth-order valence-corrected chi connectivity index (χ4v) is 0.545. The maximum Gasteiger partial charge on any atom is 0.263 e. The van der Waals surface area contributed by atoms with Crippen molar-refractivity contribution in [2.24, 2.45) is 0 Å². The second-order valence-electron chi connectivity index (χ2n) is 1.39. The Morgan fingerprint density at radius 1 is 1.78 bits per heavy atom. The van der Waals surface area contributed by atoms with Crippen molar-refractivity contribution in [3.63, 3.8) is 0 Å². The predicted molar refractivity (Wildman–Crippen MR) is 30.0 cm³/mol. The summed E-state index contributed by atoms with van der Waals surface area (Å²) in [7, 11) is 1.54. The highest BCUT2D eigenvalue weighted by Gasteiger charge is 2.00. The molecule has 50 valence electrons. The molecule has 0 N–H and O–H groups in total. The number of ether oxygens (including phenoxy) is 1. The first-order valence-corrected chi connectivity index (χ1v) is 2.67. The lowest BCUT2D eigenvalue weighted by Gasteiger charge is -1.85. The van der Waals surface area contributed by atoms with E-state index in [1.54, 1.807) is 0 Å². The highest BCUT2D eigenvalue weighted by atomic mass is 35.5. The Hall–Kier alpha value is -0.610. The van der Waals surface area contributed by atoms with Gasteiger partial charge in [-0.15, -0.1) is 0 Å². The number of rotatable bonds is 2. The summed E-state index contributed by atoms with van der Waals surface area (Å²) in [5.74, 6) is 0.391. The van der Waals surface area contributed by atoms with Crippen LogP contribution in [-0.2, 0) is 11.3 Å². The van der Waals surface area contributed by atoms with Gasteiger partial charge in [-0.25, -0.2) is 0 Å². The summed E-state index contributed by atoms with van der Waals surface area (Å²) in [6, 6.07) is 0. The van der Waals surface area contributed by atoms with Crippen LogP contribution in [0.25, 0.3) is 0 Å². The van der Waals surface area contributed by atoms with Crippen LogP contribution >= 0.6 is 11.6 Å². The number of halogens is 1. The number of methoxy groups -OCH3 is 1. The molecule has 0 spiro atoms. The molecule has 0 saturated heterocycles. The number of hydrogen-bond acceptors (Lipinski definition) is 4. The molecular weight excluding hydrogens is 144 g/mol. The maximum atomic E-state index is 5.32. The third-order valence-corrected chi connectivity index (χ3v) is 0.865. The SMILES string of the molecule is COCc1nc(Cl)no1. The molecule has 0 aliphatic carbocycles. The first kappa shape index (κ1) is 6.51. The molecule has 4 nitrogen and oxygen atoms in total. The van der Waals surface area contributed by atoms with Gasteiger partial charge < -0.3 is 9.26 Å². The van der Waals surface area contributed by atoms with Crippen LogP contribution in [0.15, 0.2) is 4.52 Å². The molecule has 0 aliphatic rings. The molecule has 1 aromatic rings. The van der Waals surface area contributed by atoms with E-state index in [-0.39, 0.29) is 5.28 Å². The third kappa shape index (κ3) is 1.65. The summed E-state index contributed by atoms with van der Waals surface area (Å²) in [6.07, 6.45) is 0. The standard InChI is InChI=1S/C4H5ClN2O2/c1-8-2-3-6-4(5)7-9-3/h2H2,1H3. The maximum absolute atomic E-state index is 5.32. The average molecular weight is 149 g/mol. The summed E-state index contributed by atoms with van der Waals surface area (Å²) in [5, 5.41) is 3.45. The first-order valence-electron chi connectivity index (χ1n) is 2.30. The first-order chi connectivity index (χ1) is 4.33. The molecule has 0 radical (unpaired) electrons. The monoisotopic (exact) mass is 148 g/mol. The van der Waals surface area contributed by atoms with Gasteiger partial charge in [0.15, 0.2) is 0 Å². The topological polar surface area (TPSA) is 48.2 Å². The van der Waals surface area contributed by atoms with E-state index in [2.05, 4.69) is 19.4 Å². The minimum atomic E-state index is 0.113. The number of aromatic nitrogens is 2. The highest BCUT2D eigenvalue weighted by molar-refractivity contribution is 6.28. The summed E-state index contributed by atoms with van der Waals surface area (Å²) in [4.78, 5) is 3.66. The zero-order chi connectivity index (χ0) is 6.69. The Morgan fingerprint density at radius 2 is 2.56 bits per heavy atom. The molecule has 0 aliphatic heterocycles. The van der Waals surface area contributed by atoms with Gasteiger partial charge in [-0.2, -0.15) is 4.98 Å². The van der Waals surface area contributed by atoms with Crippen LogP contribution in [0.1, 0.15) is 5.89 Å². The average Bonchev–Trinajstić information content (AvgIpc) is 2.17. The Morgan fingerprint density at radius 3 is 3.00 bits per heavy atom. The molecule has 0 fully saturated rings. The van der Waals surface area contributed by atoms with Crippen LogP contribution in [0.5, 0.6) is 0 Å². The Bertz CT molecular complexity index is 188. The fraction of sp³-hybridized carbons (Fsp3) is 0.500. The lowest BCUT2D eigenvalue weighted by atomic mass is 10.7. The molecule has 1 heterocycles. The molecule has 0 amide bonds. The van der Waals surface area contributed by atoms with Crippen LogP contribution < -0.4 is 0 Å². The van der Waals surface area contributed by atoms with Gasteiger partial charge in [-0.05, 0) is 16.8 Å². The van der Waals surface area contributed by atoms with Crippen LogP contribution in [0.2, 0.25) is 5.28 Å².